The van der Waals surface area contributed by atoms with Crippen LogP contribution in [0, 0.1) is 0 Å². The van der Waals surface area contributed by atoms with Gasteiger partial charge in [0.15, 0.2) is 17.5 Å². The lowest BCUT2D eigenvalue weighted by atomic mass is 10.1. The molecule has 9 rings (SSSR count). The van der Waals surface area contributed by atoms with E-state index in [2.05, 4.69) is 0 Å². The van der Waals surface area contributed by atoms with E-state index in [1.807, 2.05) is 115 Å². The molecule has 7 nitrogen and oxygen atoms in total. The molecule has 196 valence electrons. The van der Waals surface area contributed by atoms with Crippen LogP contribution in [0.5, 0.6) is 0 Å². The van der Waals surface area contributed by atoms with E-state index in [4.69, 9.17) is 24.4 Å². The Kier molecular flexibility index (Phi) is 4.63. The van der Waals surface area contributed by atoms with Gasteiger partial charge < -0.3 is 4.42 Å². The van der Waals surface area contributed by atoms with Gasteiger partial charge >= 0.3 is 0 Å². The van der Waals surface area contributed by atoms with Crippen LogP contribution in [0.15, 0.2) is 124 Å². The molecule has 9 aromatic rings. The molecular weight excluding hydrogens is 522 g/mol. The predicted molar refractivity (Wildman–Crippen MR) is 165 cm³/mol. The maximum atomic E-state index is 13.9. The van der Waals surface area contributed by atoms with E-state index >= 15 is 0 Å². The molecule has 0 unspecified atom stereocenters. The first-order chi connectivity index (χ1) is 20.7. The first-order valence-electron chi connectivity index (χ1n) is 13.6. The summed E-state index contributed by atoms with van der Waals surface area (Å²) in [5, 5.41) is 4.54. The number of imidazole rings is 1. The summed E-state index contributed by atoms with van der Waals surface area (Å²) in [6.45, 7) is 0. The van der Waals surface area contributed by atoms with Crippen molar-refractivity contribution >= 4 is 49.1 Å². The summed E-state index contributed by atoms with van der Waals surface area (Å²) in [6, 6.07) is 37.2. The molecule has 0 saturated heterocycles. The first-order valence-corrected chi connectivity index (χ1v) is 13.6. The maximum absolute atomic E-state index is 13.9. The monoisotopic (exact) mass is 541 g/mol. The van der Waals surface area contributed by atoms with Crippen molar-refractivity contribution in [2.75, 3.05) is 0 Å². The lowest BCUT2D eigenvalue weighted by molar-refractivity contribution is 0.669. The number of benzene rings is 5. The van der Waals surface area contributed by atoms with E-state index < -0.39 is 0 Å². The molecule has 0 aliphatic carbocycles. The largest absolute Gasteiger partial charge is 0.456 e. The predicted octanol–water partition coefficient (Wildman–Crippen LogP) is 7.52. The molecule has 42 heavy (non-hydrogen) atoms. The fourth-order valence-electron chi connectivity index (χ4n) is 5.90. The maximum Gasteiger partial charge on any atom is 0.264 e. The van der Waals surface area contributed by atoms with E-state index in [9.17, 15) is 4.79 Å². The van der Waals surface area contributed by atoms with Crippen LogP contribution in [0.3, 0.4) is 0 Å². The van der Waals surface area contributed by atoms with Gasteiger partial charge in [0, 0.05) is 32.7 Å². The lowest BCUT2D eigenvalue weighted by Gasteiger charge is -2.09. The number of hydrogen-bond acceptors (Lipinski definition) is 6. The highest BCUT2D eigenvalue weighted by molar-refractivity contribution is 6.11. The molecule has 7 heteroatoms. The highest BCUT2D eigenvalue weighted by Crippen LogP contribution is 2.34. The standard InChI is InChI=1S/C35H19N5O2/c41-35-26-13-5-4-11-22(26)25-14-8-15-27-30(25)40(35)34(36-27)33-38-31(20-9-2-1-3-10-20)37-32(39-33)21-17-18-24-23-12-6-7-16-28(23)42-29(24)19-21/h1-19H. The molecule has 0 saturated carbocycles. The van der Waals surface area contributed by atoms with E-state index in [-0.39, 0.29) is 5.56 Å². The number of rotatable bonds is 3. The number of aromatic nitrogens is 5. The molecule has 0 aliphatic rings. The third-order valence-corrected chi connectivity index (χ3v) is 7.83. The number of hydrogen-bond donors (Lipinski definition) is 0. The fourth-order valence-corrected chi connectivity index (χ4v) is 5.90. The lowest BCUT2D eigenvalue weighted by Crippen LogP contribution is -2.15. The van der Waals surface area contributed by atoms with Gasteiger partial charge in [0.1, 0.15) is 11.2 Å². The van der Waals surface area contributed by atoms with Gasteiger partial charge in [-0.05, 0) is 35.7 Å². The summed E-state index contributed by atoms with van der Waals surface area (Å²) in [5.74, 6) is 1.65. The third-order valence-electron chi connectivity index (χ3n) is 7.83. The molecule has 0 atom stereocenters. The summed E-state index contributed by atoms with van der Waals surface area (Å²) in [4.78, 5) is 33.5. The molecule has 0 aliphatic heterocycles. The second-order valence-electron chi connectivity index (χ2n) is 10.3. The highest BCUT2D eigenvalue weighted by Gasteiger charge is 2.22. The zero-order valence-electron chi connectivity index (χ0n) is 22.0. The molecule has 4 heterocycles. The van der Waals surface area contributed by atoms with Crippen LogP contribution < -0.4 is 5.56 Å². The van der Waals surface area contributed by atoms with Crippen LogP contribution in [-0.4, -0.2) is 24.3 Å². The van der Waals surface area contributed by atoms with Crippen molar-refractivity contribution in [1.29, 1.82) is 0 Å². The first kappa shape index (κ1) is 22.8. The number of furan rings is 1. The van der Waals surface area contributed by atoms with Crippen molar-refractivity contribution in [3.63, 3.8) is 0 Å². The van der Waals surface area contributed by atoms with Crippen molar-refractivity contribution in [3.05, 3.63) is 126 Å². The molecule has 0 amide bonds. The minimum atomic E-state index is -0.159. The van der Waals surface area contributed by atoms with Gasteiger partial charge in [-0.15, -0.1) is 0 Å². The smallest absolute Gasteiger partial charge is 0.264 e. The molecule has 0 radical (unpaired) electrons. The van der Waals surface area contributed by atoms with Crippen molar-refractivity contribution < 1.29 is 4.42 Å². The molecule has 5 aromatic carbocycles. The average molecular weight is 542 g/mol. The van der Waals surface area contributed by atoms with Gasteiger partial charge in [0.05, 0.1) is 11.0 Å². The Morgan fingerprint density at radius 2 is 1.17 bits per heavy atom. The summed E-state index contributed by atoms with van der Waals surface area (Å²) in [6.07, 6.45) is 0. The minimum Gasteiger partial charge on any atom is -0.456 e. The van der Waals surface area contributed by atoms with Crippen LogP contribution in [0.4, 0.5) is 0 Å². The van der Waals surface area contributed by atoms with Gasteiger partial charge in [-0.1, -0.05) is 84.9 Å². The van der Waals surface area contributed by atoms with Crippen molar-refractivity contribution in [2.24, 2.45) is 0 Å². The Morgan fingerprint density at radius 3 is 2.02 bits per heavy atom. The van der Waals surface area contributed by atoms with Crippen molar-refractivity contribution in [2.45, 2.75) is 0 Å². The van der Waals surface area contributed by atoms with Crippen LogP contribution in [0.25, 0.3) is 83.6 Å². The van der Waals surface area contributed by atoms with Crippen LogP contribution in [0.2, 0.25) is 0 Å². The molecule has 0 fully saturated rings. The molecule has 4 aromatic heterocycles. The second kappa shape index (κ2) is 8.52. The second-order valence-corrected chi connectivity index (χ2v) is 10.3. The van der Waals surface area contributed by atoms with Crippen molar-refractivity contribution in [1.82, 2.24) is 24.3 Å². The molecule has 0 bridgehead atoms. The zero-order valence-corrected chi connectivity index (χ0v) is 22.0. The Hall–Kier alpha value is -5.95. The zero-order chi connectivity index (χ0) is 27.8. The Labute approximate surface area is 237 Å². The van der Waals surface area contributed by atoms with Gasteiger partial charge in [-0.25, -0.2) is 19.9 Å². The Balaban J connectivity index is 1.34. The van der Waals surface area contributed by atoms with Gasteiger partial charge in [0.2, 0.25) is 5.82 Å². The van der Waals surface area contributed by atoms with Crippen LogP contribution in [0.1, 0.15) is 0 Å². The van der Waals surface area contributed by atoms with E-state index in [1.165, 1.54) is 0 Å². The van der Waals surface area contributed by atoms with Gasteiger partial charge in [-0.3, -0.25) is 9.20 Å². The van der Waals surface area contributed by atoms with Gasteiger partial charge in [-0.2, -0.15) is 0 Å². The summed E-state index contributed by atoms with van der Waals surface area (Å²) >= 11 is 0. The minimum absolute atomic E-state index is 0.159. The van der Waals surface area contributed by atoms with Crippen LogP contribution >= 0.6 is 0 Å². The van der Waals surface area contributed by atoms with Crippen molar-refractivity contribution in [3.8, 4) is 34.4 Å². The van der Waals surface area contributed by atoms with E-state index in [0.29, 0.717) is 34.2 Å². The van der Waals surface area contributed by atoms with E-state index in [1.54, 1.807) is 4.40 Å². The number of pyridine rings is 1. The topological polar surface area (TPSA) is 86.2 Å². The number of para-hydroxylation sites is 2. The van der Waals surface area contributed by atoms with Gasteiger partial charge in [0.25, 0.3) is 5.56 Å². The third kappa shape index (κ3) is 3.25. The fraction of sp³-hybridized carbons (Fsp3) is 0. The molecule has 0 spiro atoms. The highest BCUT2D eigenvalue weighted by atomic mass is 16.3. The summed E-state index contributed by atoms with van der Waals surface area (Å²) in [7, 11) is 0. The van der Waals surface area contributed by atoms with Crippen LogP contribution in [-0.2, 0) is 0 Å². The summed E-state index contributed by atoms with van der Waals surface area (Å²) < 4.78 is 7.80. The normalized spacial score (nSPS) is 11.9. The Bertz CT molecular complexity index is 2550. The molecule has 0 N–H and O–H groups in total. The molecular formula is C35H19N5O2. The number of fused-ring (bicyclic) bond motifs is 5. The average Bonchev–Trinajstić information content (AvgIpc) is 3.63. The SMILES string of the molecule is O=c1c2ccccc2c2cccc3nc(-c4nc(-c5ccccc5)nc(-c5ccc6c(c5)oc5ccccc56)n4)n1c32. The summed E-state index contributed by atoms with van der Waals surface area (Å²) in [5.41, 5.74) is 4.47. The Morgan fingerprint density at radius 1 is 0.500 bits per heavy atom. The number of nitrogens with zero attached hydrogens (tertiary/aromatic N) is 5. The van der Waals surface area contributed by atoms with E-state index in [0.717, 1.165) is 49.4 Å². The quantitative estimate of drug-likeness (QED) is 0.215.